The zero-order valence-corrected chi connectivity index (χ0v) is 11.7. The quantitative estimate of drug-likeness (QED) is 0.515. The summed E-state index contributed by atoms with van der Waals surface area (Å²) in [6.45, 7) is 4.08. The predicted octanol–water partition coefficient (Wildman–Crippen LogP) is 0.910. The molecule has 2 amide bonds. The monoisotopic (exact) mass is 272 g/mol. The minimum Gasteiger partial charge on any atom is -0.481 e. The number of unbranched alkanes of at least 4 members (excludes halogenated alkanes) is 2. The van der Waals surface area contributed by atoms with Crippen LogP contribution in [-0.2, 0) is 14.4 Å². The Balaban J connectivity index is 3.54. The summed E-state index contributed by atoms with van der Waals surface area (Å²) in [5.74, 6) is -1.54. The third-order valence-corrected chi connectivity index (χ3v) is 2.84. The van der Waals surface area contributed by atoms with Crippen LogP contribution in [0.5, 0.6) is 0 Å². The van der Waals surface area contributed by atoms with Gasteiger partial charge in [-0.2, -0.15) is 0 Å². The van der Waals surface area contributed by atoms with E-state index in [1.807, 2.05) is 0 Å². The Hall–Kier alpha value is -1.59. The highest BCUT2D eigenvalue weighted by atomic mass is 16.4. The van der Waals surface area contributed by atoms with E-state index in [1.165, 1.54) is 6.92 Å². The summed E-state index contributed by atoms with van der Waals surface area (Å²) in [7, 11) is 0. The second kappa shape index (κ2) is 10.3. The fourth-order valence-electron chi connectivity index (χ4n) is 1.58. The van der Waals surface area contributed by atoms with Crippen molar-refractivity contribution in [3.63, 3.8) is 0 Å². The molecule has 0 aliphatic heterocycles. The highest BCUT2D eigenvalue weighted by Crippen LogP contribution is 2.02. The average molecular weight is 272 g/mol. The van der Waals surface area contributed by atoms with E-state index in [0.717, 1.165) is 19.3 Å². The number of carboxylic acid groups (broad SMARTS) is 1. The highest BCUT2D eigenvalue weighted by Gasteiger charge is 2.15. The van der Waals surface area contributed by atoms with Gasteiger partial charge in [0.1, 0.15) is 0 Å². The second-order valence-electron chi connectivity index (χ2n) is 4.54. The first-order chi connectivity index (χ1) is 8.97. The van der Waals surface area contributed by atoms with Crippen LogP contribution < -0.4 is 10.6 Å². The number of aliphatic carboxylic acids is 1. The Labute approximate surface area is 113 Å². The molecule has 0 aliphatic carbocycles. The van der Waals surface area contributed by atoms with E-state index in [1.54, 1.807) is 6.92 Å². The minimum absolute atomic E-state index is 0.0444. The van der Waals surface area contributed by atoms with Crippen LogP contribution in [-0.4, -0.2) is 36.0 Å². The van der Waals surface area contributed by atoms with Gasteiger partial charge in [0.2, 0.25) is 11.8 Å². The van der Waals surface area contributed by atoms with E-state index < -0.39 is 11.9 Å². The van der Waals surface area contributed by atoms with Gasteiger partial charge in [-0.15, -0.1) is 0 Å². The third kappa shape index (κ3) is 10.1. The fourth-order valence-corrected chi connectivity index (χ4v) is 1.58. The molecular weight excluding hydrogens is 248 g/mol. The molecule has 0 aliphatic rings. The van der Waals surface area contributed by atoms with Crippen molar-refractivity contribution in [1.82, 2.24) is 10.6 Å². The van der Waals surface area contributed by atoms with Crippen LogP contribution in [0.4, 0.5) is 0 Å². The average Bonchev–Trinajstić information content (AvgIpc) is 2.33. The van der Waals surface area contributed by atoms with E-state index >= 15 is 0 Å². The van der Waals surface area contributed by atoms with Gasteiger partial charge in [0.15, 0.2) is 0 Å². The van der Waals surface area contributed by atoms with E-state index in [0.29, 0.717) is 19.4 Å². The smallest absolute Gasteiger partial charge is 0.308 e. The molecule has 0 aromatic carbocycles. The van der Waals surface area contributed by atoms with Crippen molar-refractivity contribution in [3.8, 4) is 0 Å². The molecule has 0 aromatic heterocycles. The lowest BCUT2D eigenvalue weighted by Crippen LogP contribution is -2.32. The van der Waals surface area contributed by atoms with Gasteiger partial charge in [-0.05, 0) is 19.3 Å². The predicted molar refractivity (Wildman–Crippen MR) is 71.6 cm³/mol. The maximum absolute atomic E-state index is 11.5. The molecule has 6 nitrogen and oxygen atoms in total. The minimum atomic E-state index is -0.877. The molecule has 0 radical (unpaired) electrons. The maximum Gasteiger partial charge on any atom is 0.308 e. The second-order valence-corrected chi connectivity index (χ2v) is 4.54. The van der Waals surface area contributed by atoms with E-state index in [2.05, 4.69) is 10.6 Å². The van der Waals surface area contributed by atoms with E-state index in [9.17, 15) is 14.4 Å². The molecule has 0 heterocycles. The molecule has 0 aromatic rings. The number of hydrogen-bond acceptors (Lipinski definition) is 3. The molecule has 0 saturated heterocycles. The maximum atomic E-state index is 11.5. The molecule has 6 heteroatoms. The standard InChI is InChI=1S/C13H24N2O4/c1-3-11(13(18)19)9-15-12(17)7-5-4-6-8-14-10(2)16/h11H,3-9H2,1-2H3,(H,14,16)(H,15,17)(H,18,19). The van der Waals surface area contributed by atoms with Crippen LogP contribution >= 0.6 is 0 Å². The van der Waals surface area contributed by atoms with E-state index in [-0.39, 0.29) is 18.4 Å². The van der Waals surface area contributed by atoms with Gasteiger partial charge in [-0.3, -0.25) is 14.4 Å². The fraction of sp³-hybridized carbons (Fsp3) is 0.769. The third-order valence-electron chi connectivity index (χ3n) is 2.84. The van der Waals surface area contributed by atoms with E-state index in [4.69, 9.17) is 5.11 Å². The first-order valence-corrected chi connectivity index (χ1v) is 6.71. The zero-order valence-electron chi connectivity index (χ0n) is 11.7. The number of carbonyl (C=O) groups is 3. The molecule has 0 spiro atoms. The molecule has 0 rings (SSSR count). The van der Waals surface area contributed by atoms with Gasteiger partial charge < -0.3 is 15.7 Å². The first-order valence-electron chi connectivity index (χ1n) is 6.71. The number of amides is 2. The topological polar surface area (TPSA) is 95.5 Å². The molecular formula is C13H24N2O4. The van der Waals surface area contributed by atoms with Crippen molar-refractivity contribution in [2.24, 2.45) is 5.92 Å². The van der Waals surface area contributed by atoms with Crippen LogP contribution in [0.1, 0.15) is 46.0 Å². The van der Waals surface area contributed by atoms with Gasteiger partial charge in [-0.1, -0.05) is 13.3 Å². The molecule has 1 atom stereocenters. The summed E-state index contributed by atoms with van der Waals surface area (Å²) >= 11 is 0. The summed E-state index contributed by atoms with van der Waals surface area (Å²) in [4.78, 5) is 32.8. The van der Waals surface area contributed by atoms with Gasteiger partial charge in [0.25, 0.3) is 0 Å². The van der Waals surface area contributed by atoms with Crippen molar-refractivity contribution in [1.29, 1.82) is 0 Å². The summed E-state index contributed by atoms with van der Waals surface area (Å²) in [5.41, 5.74) is 0. The van der Waals surface area contributed by atoms with Gasteiger partial charge in [0, 0.05) is 26.4 Å². The van der Waals surface area contributed by atoms with Crippen LogP contribution in [0.2, 0.25) is 0 Å². The normalized spacial score (nSPS) is 11.7. The lowest BCUT2D eigenvalue weighted by atomic mass is 10.1. The lowest BCUT2D eigenvalue weighted by Gasteiger charge is -2.10. The van der Waals surface area contributed by atoms with Crippen LogP contribution in [0.3, 0.4) is 0 Å². The molecule has 0 saturated carbocycles. The summed E-state index contributed by atoms with van der Waals surface area (Å²) in [6, 6.07) is 0. The molecule has 3 N–H and O–H groups in total. The van der Waals surface area contributed by atoms with Gasteiger partial charge in [-0.25, -0.2) is 0 Å². The van der Waals surface area contributed by atoms with Crippen LogP contribution in [0.25, 0.3) is 0 Å². The molecule has 1 unspecified atom stereocenters. The molecule has 110 valence electrons. The number of hydrogen-bond donors (Lipinski definition) is 3. The Morgan fingerprint density at radius 1 is 1.11 bits per heavy atom. The van der Waals surface area contributed by atoms with Crippen LogP contribution in [0.15, 0.2) is 0 Å². The number of rotatable bonds is 10. The van der Waals surface area contributed by atoms with Crippen molar-refractivity contribution >= 4 is 17.8 Å². The van der Waals surface area contributed by atoms with Crippen LogP contribution in [0, 0.1) is 5.92 Å². The molecule has 0 fully saturated rings. The van der Waals surface area contributed by atoms with Crippen molar-refractivity contribution in [2.45, 2.75) is 46.0 Å². The largest absolute Gasteiger partial charge is 0.481 e. The number of nitrogens with one attached hydrogen (secondary N) is 2. The summed E-state index contributed by atoms with van der Waals surface area (Å²) in [5, 5.41) is 14.1. The Morgan fingerprint density at radius 2 is 1.79 bits per heavy atom. The zero-order chi connectivity index (χ0) is 14.7. The van der Waals surface area contributed by atoms with Crippen molar-refractivity contribution in [3.05, 3.63) is 0 Å². The number of carboxylic acids is 1. The SMILES string of the molecule is CCC(CNC(=O)CCCCCNC(C)=O)C(=O)O. The first kappa shape index (κ1) is 17.4. The van der Waals surface area contributed by atoms with Crippen molar-refractivity contribution in [2.75, 3.05) is 13.1 Å². The summed E-state index contributed by atoms with van der Waals surface area (Å²) < 4.78 is 0. The highest BCUT2D eigenvalue weighted by molar-refractivity contribution is 5.77. The molecule has 19 heavy (non-hydrogen) atoms. The lowest BCUT2D eigenvalue weighted by molar-refractivity contribution is -0.141. The Kier molecular flexibility index (Phi) is 9.48. The molecule has 0 bridgehead atoms. The number of carbonyl (C=O) groups excluding carboxylic acids is 2. The summed E-state index contributed by atoms with van der Waals surface area (Å²) in [6.07, 6.45) is 3.36. The van der Waals surface area contributed by atoms with Gasteiger partial charge >= 0.3 is 5.97 Å². The Morgan fingerprint density at radius 3 is 2.32 bits per heavy atom. The van der Waals surface area contributed by atoms with Crippen molar-refractivity contribution < 1.29 is 19.5 Å². The van der Waals surface area contributed by atoms with Gasteiger partial charge in [0.05, 0.1) is 5.92 Å². The Bertz CT molecular complexity index is 305.